The predicted octanol–water partition coefficient (Wildman–Crippen LogP) is 2.89. The molecule has 0 saturated carbocycles. The van der Waals surface area contributed by atoms with E-state index in [0.717, 1.165) is 39.2 Å². The highest BCUT2D eigenvalue weighted by atomic mass is 79.9. The number of anilines is 1. The molecule has 2 aliphatic heterocycles. The lowest BCUT2D eigenvalue weighted by Gasteiger charge is -2.34. The first-order valence-electron chi connectivity index (χ1n) is 8.19. The number of methoxy groups -OCH3 is 1. The summed E-state index contributed by atoms with van der Waals surface area (Å²) in [6.45, 7) is 6.99. The third kappa shape index (κ3) is 3.08. The van der Waals surface area contributed by atoms with E-state index in [4.69, 9.17) is 12.7 Å². The number of benzene rings is 1. The summed E-state index contributed by atoms with van der Waals surface area (Å²) in [5, 5.41) is 0. The van der Waals surface area contributed by atoms with Crippen molar-refractivity contribution in [3.8, 4) is 0 Å². The zero-order valence-electron chi connectivity index (χ0n) is 13.6. The van der Waals surface area contributed by atoms with Crippen molar-refractivity contribution >= 4 is 29.6 Å². The first-order valence-corrected chi connectivity index (χ1v) is 8.98. The van der Waals surface area contributed by atoms with E-state index < -0.39 is 0 Å². The monoisotopic (exact) mass is 362 g/mol. The molecule has 1 unspecified atom stereocenters. The topological polar surface area (TPSA) is 15.7 Å². The summed E-state index contributed by atoms with van der Waals surface area (Å²) < 4.78 is 6.57. The maximum atomic E-state index is 6.09. The van der Waals surface area contributed by atoms with Gasteiger partial charge in [-0.1, -0.05) is 13.0 Å². The van der Waals surface area contributed by atoms with Crippen LogP contribution >= 0.6 is 15.9 Å². The molecular weight excluding hydrogens is 339 g/mol. The van der Waals surface area contributed by atoms with Gasteiger partial charge in [-0.3, -0.25) is 0 Å². The Morgan fingerprint density at radius 3 is 2.95 bits per heavy atom. The number of aryl methyl sites for hydroxylation is 1. The Bertz CT molecular complexity index is 552. The molecule has 2 aliphatic rings. The van der Waals surface area contributed by atoms with Crippen molar-refractivity contribution in [1.82, 2.24) is 4.81 Å². The Morgan fingerprint density at radius 1 is 1.36 bits per heavy atom. The molecule has 1 aromatic carbocycles. The van der Waals surface area contributed by atoms with Crippen molar-refractivity contribution in [2.24, 2.45) is 0 Å². The van der Waals surface area contributed by atoms with E-state index in [1.54, 1.807) is 7.11 Å². The van der Waals surface area contributed by atoms with Gasteiger partial charge in [-0.2, -0.15) is 0 Å². The molecule has 0 aromatic heterocycles. The van der Waals surface area contributed by atoms with Crippen LogP contribution in [0.3, 0.4) is 0 Å². The van der Waals surface area contributed by atoms with Crippen molar-refractivity contribution in [3.05, 3.63) is 27.2 Å². The van der Waals surface area contributed by atoms with Crippen molar-refractivity contribution < 1.29 is 4.74 Å². The fourth-order valence-electron chi connectivity index (χ4n) is 3.77. The van der Waals surface area contributed by atoms with Gasteiger partial charge in [0.15, 0.2) is 7.98 Å². The molecule has 1 aromatic rings. The van der Waals surface area contributed by atoms with E-state index in [2.05, 4.69) is 33.8 Å². The molecule has 3 nitrogen and oxygen atoms in total. The standard InChI is InChI=1S/C17H24BBrN2O/c1-12-11-21(18)7-5-14-15(12)10-13-4-3-6-20(8-9-22-2)17(13)16(14)19/h10,12H,3-9,11H2,1-2H3. The Kier molecular flexibility index (Phi) is 5.15. The summed E-state index contributed by atoms with van der Waals surface area (Å²) in [6.07, 6.45) is 3.41. The van der Waals surface area contributed by atoms with Gasteiger partial charge in [0.05, 0.1) is 12.3 Å². The van der Waals surface area contributed by atoms with Crippen molar-refractivity contribution in [2.45, 2.75) is 32.1 Å². The van der Waals surface area contributed by atoms with E-state index >= 15 is 0 Å². The van der Waals surface area contributed by atoms with Gasteiger partial charge < -0.3 is 14.4 Å². The average Bonchev–Trinajstić information content (AvgIpc) is 2.64. The van der Waals surface area contributed by atoms with Crippen LogP contribution in [-0.4, -0.2) is 52.7 Å². The molecule has 0 aliphatic carbocycles. The van der Waals surface area contributed by atoms with Crippen LogP contribution in [0, 0.1) is 0 Å². The Balaban J connectivity index is 2.03. The highest BCUT2D eigenvalue weighted by Gasteiger charge is 2.27. The van der Waals surface area contributed by atoms with Crippen molar-refractivity contribution in [2.75, 3.05) is 44.8 Å². The molecule has 0 N–H and O–H groups in total. The molecular formula is C17H24BBrN2O. The third-order valence-corrected chi connectivity index (χ3v) is 5.75. The molecule has 0 saturated heterocycles. The number of halogens is 1. The zero-order chi connectivity index (χ0) is 15.7. The van der Waals surface area contributed by atoms with Crippen molar-refractivity contribution in [1.29, 1.82) is 0 Å². The summed E-state index contributed by atoms with van der Waals surface area (Å²) in [7, 11) is 7.86. The Hall–Kier alpha value is -0.515. The van der Waals surface area contributed by atoms with Gasteiger partial charge in [0, 0.05) is 24.7 Å². The molecule has 1 atom stereocenters. The van der Waals surface area contributed by atoms with E-state index in [-0.39, 0.29) is 0 Å². The molecule has 0 spiro atoms. The van der Waals surface area contributed by atoms with Crippen LogP contribution in [0.2, 0.25) is 0 Å². The van der Waals surface area contributed by atoms with Gasteiger partial charge in [-0.15, -0.1) is 0 Å². The summed E-state index contributed by atoms with van der Waals surface area (Å²) in [4.78, 5) is 4.43. The minimum atomic E-state index is 0.485. The van der Waals surface area contributed by atoms with E-state index in [1.807, 2.05) is 4.81 Å². The molecule has 3 rings (SSSR count). The lowest BCUT2D eigenvalue weighted by atomic mass is 9.89. The molecule has 118 valence electrons. The number of hydrogen-bond acceptors (Lipinski definition) is 3. The summed E-state index contributed by atoms with van der Waals surface area (Å²) >= 11 is 3.93. The van der Waals surface area contributed by atoms with E-state index in [0.29, 0.717) is 5.92 Å². The number of hydrogen-bond donors (Lipinski definition) is 0. The molecule has 2 radical (unpaired) electrons. The first-order chi connectivity index (χ1) is 10.6. The summed E-state index contributed by atoms with van der Waals surface area (Å²) in [5.41, 5.74) is 5.79. The fraction of sp³-hybridized carbons (Fsp3) is 0.647. The van der Waals surface area contributed by atoms with Crippen LogP contribution in [0.1, 0.15) is 36.0 Å². The normalized spacial score (nSPS) is 22.1. The quantitative estimate of drug-likeness (QED) is 0.769. The highest BCUT2D eigenvalue weighted by molar-refractivity contribution is 9.10. The lowest BCUT2D eigenvalue weighted by molar-refractivity contribution is 0.205. The Labute approximate surface area is 143 Å². The molecule has 0 bridgehead atoms. The second-order valence-electron chi connectivity index (χ2n) is 6.50. The number of nitrogens with zero attached hydrogens (tertiary/aromatic N) is 2. The minimum absolute atomic E-state index is 0.485. The fourth-order valence-corrected chi connectivity index (χ4v) is 4.71. The predicted molar refractivity (Wildman–Crippen MR) is 96.0 cm³/mol. The highest BCUT2D eigenvalue weighted by Crippen LogP contribution is 2.42. The van der Waals surface area contributed by atoms with Gasteiger partial charge in [-0.05, 0) is 70.9 Å². The molecule has 0 amide bonds. The summed E-state index contributed by atoms with van der Waals surface area (Å²) in [5.74, 6) is 0.485. The second kappa shape index (κ2) is 6.94. The van der Waals surface area contributed by atoms with Crippen LogP contribution < -0.4 is 4.90 Å². The smallest absolute Gasteiger partial charge is 0.182 e. The Morgan fingerprint density at radius 2 is 2.18 bits per heavy atom. The van der Waals surface area contributed by atoms with Crippen LogP contribution in [-0.2, 0) is 17.6 Å². The average molecular weight is 363 g/mol. The minimum Gasteiger partial charge on any atom is -0.383 e. The molecule has 0 fully saturated rings. The van der Waals surface area contributed by atoms with Gasteiger partial charge in [0.25, 0.3) is 0 Å². The molecule has 2 heterocycles. The second-order valence-corrected chi connectivity index (χ2v) is 7.29. The van der Waals surface area contributed by atoms with Crippen molar-refractivity contribution in [3.63, 3.8) is 0 Å². The SMILES string of the molecule is [B]N1CCc2c(cc3c(c2Br)N(CCOC)CCC3)C(C)C1. The van der Waals surface area contributed by atoms with Crippen LogP contribution in [0.5, 0.6) is 0 Å². The summed E-state index contributed by atoms with van der Waals surface area (Å²) in [6, 6.07) is 2.44. The van der Waals surface area contributed by atoms with Gasteiger partial charge >= 0.3 is 0 Å². The first kappa shape index (κ1) is 16.3. The van der Waals surface area contributed by atoms with Crippen LogP contribution in [0.25, 0.3) is 0 Å². The largest absolute Gasteiger partial charge is 0.383 e. The van der Waals surface area contributed by atoms with Crippen LogP contribution in [0.15, 0.2) is 10.5 Å². The maximum Gasteiger partial charge on any atom is 0.182 e. The van der Waals surface area contributed by atoms with Gasteiger partial charge in [0.1, 0.15) is 0 Å². The number of fused-ring (bicyclic) bond motifs is 2. The van der Waals surface area contributed by atoms with Gasteiger partial charge in [-0.25, -0.2) is 0 Å². The van der Waals surface area contributed by atoms with Crippen LogP contribution in [0.4, 0.5) is 5.69 Å². The molecule has 22 heavy (non-hydrogen) atoms. The lowest BCUT2D eigenvalue weighted by Crippen LogP contribution is -2.33. The maximum absolute atomic E-state index is 6.09. The molecule has 5 heteroatoms. The van der Waals surface area contributed by atoms with Gasteiger partial charge in [0.2, 0.25) is 0 Å². The third-order valence-electron chi connectivity index (χ3n) is 4.90. The zero-order valence-corrected chi connectivity index (χ0v) is 15.2. The van der Waals surface area contributed by atoms with E-state index in [1.165, 1.54) is 39.7 Å². The van der Waals surface area contributed by atoms with E-state index in [9.17, 15) is 0 Å². The number of rotatable bonds is 3. The number of ether oxygens (including phenoxy) is 1.